The summed E-state index contributed by atoms with van der Waals surface area (Å²) in [6.45, 7) is 3.50. The molecular formula is C28H33N7O7S. The number of imidazole rings is 1. The number of nitrogens with zero attached hydrogens (tertiary/aromatic N) is 3. The summed E-state index contributed by atoms with van der Waals surface area (Å²) < 4.78 is 45.6. The van der Waals surface area contributed by atoms with Crippen LogP contribution in [0.2, 0.25) is 0 Å². The molecule has 2 aromatic carbocycles. The second-order valence-corrected chi connectivity index (χ2v) is 10.9. The summed E-state index contributed by atoms with van der Waals surface area (Å²) in [4.78, 5) is 33.3. The molecule has 4 aromatic rings. The maximum absolute atomic E-state index is 12.9. The van der Waals surface area contributed by atoms with Gasteiger partial charge in [0, 0.05) is 48.2 Å². The third-order valence-electron chi connectivity index (χ3n) is 6.52. The molecule has 1 amide bonds. The Morgan fingerprint density at radius 2 is 1.98 bits per heavy atom. The lowest BCUT2D eigenvalue weighted by Gasteiger charge is -2.17. The highest BCUT2D eigenvalue weighted by atomic mass is 32.2. The standard InChI is InChI=1S/C28H33N7O7S/c1-4-19-20(28(37)32-11-14-41-13-9-29)7-8-22(25(19)42-17-36)34-26-27-33-16-23(35(27)12-10-31-26)21-6-5-18(40-3)15-24(21)43(38,39)30-2/h5-8,10,12,15-17,30H,4,9,11,13-14,29H2,1-3H3,(H,31,34)(H,32,37). The SMILES string of the molecule is CCc1c(C(=O)NCCOCCN)ccc(Nc2nccn3c(-c4ccc(OC)cc4S(=O)(=O)NC)cnc23)c1OC=O. The summed E-state index contributed by atoms with van der Waals surface area (Å²) in [5, 5.41) is 5.94. The molecule has 0 fully saturated rings. The second kappa shape index (κ2) is 14.1. The summed E-state index contributed by atoms with van der Waals surface area (Å²) in [5.41, 5.74) is 7.88. The van der Waals surface area contributed by atoms with E-state index < -0.39 is 10.0 Å². The fourth-order valence-corrected chi connectivity index (χ4v) is 5.45. The Morgan fingerprint density at radius 1 is 1.16 bits per heavy atom. The van der Waals surface area contributed by atoms with Crippen LogP contribution in [-0.4, -0.2) is 75.6 Å². The van der Waals surface area contributed by atoms with Gasteiger partial charge < -0.3 is 30.6 Å². The minimum atomic E-state index is -3.85. The van der Waals surface area contributed by atoms with Crippen LogP contribution < -0.4 is 30.6 Å². The molecule has 0 aliphatic rings. The molecule has 15 heteroatoms. The largest absolute Gasteiger partial charge is 0.497 e. The number of hydrogen-bond donors (Lipinski definition) is 4. The zero-order valence-electron chi connectivity index (χ0n) is 23.9. The van der Waals surface area contributed by atoms with Crippen LogP contribution in [0.5, 0.6) is 11.5 Å². The maximum Gasteiger partial charge on any atom is 0.298 e. The number of hydrogen-bond acceptors (Lipinski definition) is 11. The fourth-order valence-electron chi connectivity index (χ4n) is 4.50. The first kappa shape index (κ1) is 31.4. The Bertz CT molecular complexity index is 1720. The quantitative estimate of drug-likeness (QED) is 0.113. The number of carbonyl (C=O) groups excluding carboxylic acids is 2. The highest BCUT2D eigenvalue weighted by Crippen LogP contribution is 2.36. The van der Waals surface area contributed by atoms with Gasteiger partial charge in [-0.05, 0) is 37.7 Å². The Hall–Kier alpha value is -4.57. The van der Waals surface area contributed by atoms with Crippen LogP contribution in [0, 0.1) is 0 Å². The smallest absolute Gasteiger partial charge is 0.298 e. The first-order valence-electron chi connectivity index (χ1n) is 13.3. The molecule has 0 bridgehead atoms. The maximum atomic E-state index is 12.9. The molecule has 0 saturated heterocycles. The number of methoxy groups -OCH3 is 1. The molecule has 2 aromatic heterocycles. The van der Waals surface area contributed by atoms with Crippen molar-refractivity contribution in [2.75, 3.05) is 45.8 Å². The highest BCUT2D eigenvalue weighted by Gasteiger charge is 2.23. The first-order valence-corrected chi connectivity index (χ1v) is 14.8. The number of carbonyl (C=O) groups is 2. The molecule has 0 radical (unpaired) electrons. The van der Waals surface area contributed by atoms with E-state index in [0.29, 0.717) is 71.5 Å². The van der Waals surface area contributed by atoms with Crippen LogP contribution in [0.15, 0.2) is 53.8 Å². The Kier molecular flexibility index (Phi) is 10.3. The van der Waals surface area contributed by atoms with Gasteiger partial charge in [0.1, 0.15) is 5.75 Å². The van der Waals surface area contributed by atoms with Crippen molar-refractivity contribution in [3.63, 3.8) is 0 Å². The molecule has 0 aliphatic carbocycles. The molecule has 228 valence electrons. The van der Waals surface area contributed by atoms with E-state index in [1.165, 1.54) is 32.6 Å². The van der Waals surface area contributed by atoms with Gasteiger partial charge in [-0.2, -0.15) is 0 Å². The average Bonchev–Trinajstić information content (AvgIpc) is 3.46. The normalized spacial score (nSPS) is 11.3. The minimum absolute atomic E-state index is 0.0107. The van der Waals surface area contributed by atoms with E-state index in [9.17, 15) is 18.0 Å². The molecule has 0 aliphatic heterocycles. The molecule has 4 rings (SSSR count). The van der Waals surface area contributed by atoms with Crippen molar-refractivity contribution in [1.82, 2.24) is 24.4 Å². The molecule has 0 saturated carbocycles. The summed E-state index contributed by atoms with van der Waals surface area (Å²) in [5.74, 6) is 0.493. The summed E-state index contributed by atoms with van der Waals surface area (Å²) in [6, 6.07) is 7.95. The number of aromatic nitrogens is 3. The number of anilines is 2. The van der Waals surface area contributed by atoms with Crippen LogP contribution >= 0.6 is 0 Å². The van der Waals surface area contributed by atoms with E-state index in [2.05, 4.69) is 25.3 Å². The van der Waals surface area contributed by atoms with Gasteiger partial charge in [-0.3, -0.25) is 14.0 Å². The number of ether oxygens (including phenoxy) is 3. The topological polar surface area (TPSA) is 188 Å². The molecular weight excluding hydrogens is 578 g/mol. The number of sulfonamides is 1. The van der Waals surface area contributed by atoms with E-state index >= 15 is 0 Å². The van der Waals surface area contributed by atoms with Crippen molar-refractivity contribution in [2.24, 2.45) is 5.73 Å². The van der Waals surface area contributed by atoms with E-state index in [4.69, 9.17) is 19.9 Å². The summed E-state index contributed by atoms with van der Waals surface area (Å²) in [6.07, 6.45) is 5.08. The molecule has 2 heterocycles. The Labute approximate surface area is 248 Å². The van der Waals surface area contributed by atoms with Gasteiger partial charge in [-0.1, -0.05) is 6.92 Å². The first-order chi connectivity index (χ1) is 20.8. The van der Waals surface area contributed by atoms with E-state index in [1.807, 2.05) is 6.92 Å². The number of rotatable bonds is 15. The van der Waals surface area contributed by atoms with Crippen molar-refractivity contribution in [1.29, 1.82) is 0 Å². The van der Waals surface area contributed by atoms with Crippen molar-refractivity contribution >= 4 is 39.6 Å². The molecule has 14 nitrogen and oxygen atoms in total. The number of amides is 1. The van der Waals surface area contributed by atoms with Crippen LogP contribution in [0.4, 0.5) is 11.5 Å². The van der Waals surface area contributed by atoms with Crippen molar-refractivity contribution < 1.29 is 32.2 Å². The Balaban J connectivity index is 1.72. The lowest BCUT2D eigenvalue weighted by Crippen LogP contribution is -2.29. The van der Waals surface area contributed by atoms with Gasteiger partial charge in [-0.15, -0.1) is 0 Å². The van der Waals surface area contributed by atoms with E-state index in [0.717, 1.165) is 0 Å². The van der Waals surface area contributed by atoms with Crippen LogP contribution in [0.25, 0.3) is 16.9 Å². The van der Waals surface area contributed by atoms with Crippen LogP contribution in [0.1, 0.15) is 22.8 Å². The summed E-state index contributed by atoms with van der Waals surface area (Å²) >= 11 is 0. The van der Waals surface area contributed by atoms with E-state index in [-0.39, 0.29) is 29.6 Å². The second-order valence-electron chi connectivity index (χ2n) is 9.00. The number of nitrogens with two attached hydrogens (primary N) is 1. The van der Waals surface area contributed by atoms with Crippen molar-refractivity contribution in [2.45, 2.75) is 18.2 Å². The average molecular weight is 612 g/mol. The van der Waals surface area contributed by atoms with Crippen molar-refractivity contribution in [3.8, 4) is 22.8 Å². The Morgan fingerprint density at radius 3 is 2.67 bits per heavy atom. The van der Waals surface area contributed by atoms with Gasteiger partial charge in [0.25, 0.3) is 12.4 Å². The van der Waals surface area contributed by atoms with E-state index in [1.54, 1.807) is 34.9 Å². The number of nitrogens with one attached hydrogen (secondary N) is 3. The zero-order valence-corrected chi connectivity index (χ0v) is 24.7. The summed E-state index contributed by atoms with van der Waals surface area (Å²) in [7, 11) is -1.07. The predicted octanol–water partition coefficient (Wildman–Crippen LogP) is 1.86. The number of fused-ring (bicyclic) bond motifs is 1. The van der Waals surface area contributed by atoms with Gasteiger partial charge in [0.05, 0.1) is 42.8 Å². The molecule has 0 unspecified atom stereocenters. The van der Waals surface area contributed by atoms with Crippen LogP contribution in [0.3, 0.4) is 0 Å². The molecule has 0 spiro atoms. The monoisotopic (exact) mass is 611 g/mol. The minimum Gasteiger partial charge on any atom is -0.497 e. The lowest BCUT2D eigenvalue weighted by atomic mass is 10.0. The molecule has 43 heavy (non-hydrogen) atoms. The lowest BCUT2D eigenvalue weighted by molar-refractivity contribution is -0.120. The predicted molar refractivity (Wildman–Crippen MR) is 159 cm³/mol. The molecule has 5 N–H and O–H groups in total. The van der Waals surface area contributed by atoms with Gasteiger partial charge in [0.15, 0.2) is 17.2 Å². The van der Waals surface area contributed by atoms with Gasteiger partial charge >= 0.3 is 0 Å². The molecule has 0 atom stereocenters. The van der Waals surface area contributed by atoms with Crippen molar-refractivity contribution in [3.05, 3.63) is 60.0 Å². The number of benzene rings is 2. The van der Waals surface area contributed by atoms with Crippen LogP contribution in [-0.2, 0) is 26.0 Å². The third-order valence-corrected chi connectivity index (χ3v) is 7.98. The zero-order chi connectivity index (χ0) is 31.0. The third kappa shape index (κ3) is 6.75. The van der Waals surface area contributed by atoms with Gasteiger partial charge in [0.2, 0.25) is 10.0 Å². The fraction of sp³-hybridized carbons (Fsp3) is 0.286. The highest BCUT2D eigenvalue weighted by molar-refractivity contribution is 7.89. The van der Waals surface area contributed by atoms with Gasteiger partial charge in [-0.25, -0.2) is 23.1 Å².